The number of thiazole rings is 1. The Morgan fingerprint density at radius 2 is 2.47 bits per heavy atom. The lowest BCUT2D eigenvalue weighted by atomic mass is 9.91. The first-order valence-corrected chi connectivity index (χ1v) is 5.83. The first-order chi connectivity index (χ1) is 7.20. The Morgan fingerprint density at radius 1 is 1.67 bits per heavy atom. The second-order valence-corrected chi connectivity index (χ2v) is 4.77. The van der Waals surface area contributed by atoms with Crippen LogP contribution in [0.5, 0.6) is 0 Å². The van der Waals surface area contributed by atoms with Crippen LogP contribution >= 0.6 is 11.3 Å². The van der Waals surface area contributed by atoms with Crippen LogP contribution in [-0.2, 0) is 6.42 Å². The zero-order chi connectivity index (χ0) is 10.8. The average Bonchev–Trinajstić information content (AvgIpc) is 2.58. The third kappa shape index (κ3) is 2.10. The minimum Gasteiger partial charge on any atom is -0.370 e. The lowest BCUT2D eigenvalue weighted by Crippen LogP contribution is -2.20. The van der Waals surface area contributed by atoms with Gasteiger partial charge in [-0.3, -0.25) is 5.41 Å². The Kier molecular flexibility index (Phi) is 2.88. The highest BCUT2D eigenvalue weighted by Gasteiger charge is 2.23. The van der Waals surface area contributed by atoms with Crippen molar-refractivity contribution in [1.82, 2.24) is 4.98 Å². The molecular weight excluding hydrogens is 210 g/mol. The van der Waals surface area contributed by atoms with Crippen LogP contribution in [0, 0.1) is 5.41 Å². The third-order valence-electron chi connectivity index (χ3n) is 2.60. The number of guanidine groups is 1. The van der Waals surface area contributed by atoms with Crippen molar-refractivity contribution in [2.75, 3.05) is 11.9 Å². The number of hydrogen-bond donors (Lipinski definition) is 4. The van der Waals surface area contributed by atoms with Gasteiger partial charge in [0.25, 0.3) is 0 Å². The number of aromatic nitrogens is 1. The fourth-order valence-electron chi connectivity index (χ4n) is 1.91. The smallest absolute Gasteiger partial charge is 0.192 e. The van der Waals surface area contributed by atoms with Gasteiger partial charge >= 0.3 is 0 Å². The summed E-state index contributed by atoms with van der Waals surface area (Å²) in [6.45, 7) is 0.649. The quantitative estimate of drug-likeness (QED) is 0.442. The number of hydrogen-bond acceptors (Lipinski definition) is 4. The van der Waals surface area contributed by atoms with Crippen LogP contribution in [0.4, 0.5) is 5.13 Å². The predicted molar refractivity (Wildman–Crippen MR) is 62.4 cm³/mol. The summed E-state index contributed by atoms with van der Waals surface area (Å²) in [5.74, 6) is 0.318. The predicted octanol–water partition coefficient (Wildman–Crippen LogP) is 0.827. The maximum atomic E-state index is 7.15. The van der Waals surface area contributed by atoms with Gasteiger partial charge in [0.1, 0.15) is 0 Å². The lowest BCUT2D eigenvalue weighted by molar-refractivity contribution is 0.554. The highest BCUT2D eigenvalue weighted by atomic mass is 32.1. The molecule has 6 heteroatoms. The number of nitrogens with zero attached hydrogens (tertiary/aromatic N) is 1. The normalized spacial score (nSPS) is 19.7. The second-order valence-electron chi connectivity index (χ2n) is 3.69. The maximum absolute atomic E-state index is 7.15. The van der Waals surface area contributed by atoms with E-state index in [1.807, 2.05) is 0 Å². The van der Waals surface area contributed by atoms with Gasteiger partial charge in [0.05, 0.1) is 5.69 Å². The molecule has 0 fully saturated rings. The number of fused-ring (bicyclic) bond motifs is 1. The SMILES string of the molecule is N=C(N)Nc1nc2c(s1)CCCC2CN. The van der Waals surface area contributed by atoms with Crippen LogP contribution in [-0.4, -0.2) is 17.5 Å². The molecule has 0 bridgehead atoms. The van der Waals surface area contributed by atoms with Crippen LogP contribution in [0.25, 0.3) is 0 Å². The van der Waals surface area contributed by atoms with Gasteiger partial charge in [0.2, 0.25) is 0 Å². The molecule has 0 spiro atoms. The number of aryl methyl sites for hydroxylation is 1. The van der Waals surface area contributed by atoms with Gasteiger partial charge in [-0.25, -0.2) is 4.98 Å². The summed E-state index contributed by atoms with van der Waals surface area (Å²) in [5.41, 5.74) is 12.1. The van der Waals surface area contributed by atoms with Crippen LogP contribution < -0.4 is 16.8 Å². The summed E-state index contributed by atoms with van der Waals surface area (Å²) in [6.07, 6.45) is 3.37. The first-order valence-electron chi connectivity index (χ1n) is 5.01. The molecule has 0 amide bonds. The van der Waals surface area contributed by atoms with Gasteiger partial charge in [-0.15, -0.1) is 11.3 Å². The summed E-state index contributed by atoms with van der Waals surface area (Å²) >= 11 is 1.58. The summed E-state index contributed by atoms with van der Waals surface area (Å²) in [6, 6.07) is 0. The van der Waals surface area contributed by atoms with Crippen molar-refractivity contribution in [1.29, 1.82) is 5.41 Å². The molecule has 1 unspecified atom stereocenters. The highest BCUT2D eigenvalue weighted by Crippen LogP contribution is 2.35. The molecule has 0 radical (unpaired) electrons. The van der Waals surface area contributed by atoms with Crippen molar-refractivity contribution in [2.24, 2.45) is 11.5 Å². The highest BCUT2D eigenvalue weighted by molar-refractivity contribution is 7.15. The van der Waals surface area contributed by atoms with E-state index in [-0.39, 0.29) is 5.96 Å². The van der Waals surface area contributed by atoms with Crippen LogP contribution in [0.3, 0.4) is 0 Å². The van der Waals surface area contributed by atoms with E-state index < -0.39 is 0 Å². The molecule has 1 aromatic rings. The average molecular weight is 225 g/mol. The van der Waals surface area contributed by atoms with Crippen LogP contribution in [0.15, 0.2) is 0 Å². The van der Waals surface area contributed by atoms with Gasteiger partial charge in [-0.05, 0) is 19.3 Å². The van der Waals surface area contributed by atoms with Crippen molar-refractivity contribution in [3.05, 3.63) is 10.6 Å². The standard InChI is InChI=1S/C9H15N5S/c10-4-5-2-1-3-6-7(5)13-9(15-6)14-8(11)12/h5H,1-4,10H2,(H4,11,12,13,14). The fraction of sp³-hybridized carbons (Fsp3) is 0.556. The van der Waals surface area contributed by atoms with E-state index in [9.17, 15) is 0 Å². The van der Waals surface area contributed by atoms with Gasteiger partial charge in [0, 0.05) is 17.3 Å². The first kappa shape index (κ1) is 10.4. The second kappa shape index (κ2) is 4.16. The molecule has 1 atom stereocenters. The molecule has 15 heavy (non-hydrogen) atoms. The van der Waals surface area contributed by atoms with Crippen molar-refractivity contribution in [3.63, 3.8) is 0 Å². The molecule has 2 rings (SSSR count). The van der Waals surface area contributed by atoms with Crippen molar-refractivity contribution in [2.45, 2.75) is 25.2 Å². The maximum Gasteiger partial charge on any atom is 0.192 e. The molecule has 1 aliphatic rings. The van der Waals surface area contributed by atoms with E-state index in [0.717, 1.165) is 18.5 Å². The molecule has 6 N–H and O–H groups in total. The Balaban J connectivity index is 2.25. The zero-order valence-electron chi connectivity index (χ0n) is 8.42. The molecule has 0 saturated heterocycles. The number of nitrogens with one attached hydrogen (secondary N) is 2. The van der Waals surface area contributed by atoms with Crippen molar-refractivity contribution < 1.29 is 0 Å². The Labute approximate surface area is 92.4 Å². The van der Waals surface area contributed by atoms with Crippen LogP contribution in [0.2, 0.25) is 0 Å². The Bertz CT molecular complexity index is 373. The molecule has 0 saturated carbocycles. The summed E-state index contributed by atoms with van der Waals surface area (Å²) in [4.78, 5) is 5.74. The fourth-order valence-corrected chi connectivity index (χ4v) is 3.01. The Morgan fingerprint density at radius 3 is 3.13 bits per heavy atom. The minimum absolute atomic E-state index is 0.0644. The van der Waals surface area contributed by atoms with Gasteiger partial charge in [0.15, 0.2) is 11.1 Å². The van der Waals surface area contributed by atoms with Crippen molar-refractivity contribution >= 4 is 22.4 Å². The summed E-state index contributed by atoms with van der Waals surface area (Å²) in [7, 11) is 0. The largest absolute Gasteiger partial charge is 0.370 e. The van der Waals surface area contributed by atoms with Crippen molar-refractivity contribution in [3.8, 4) is 0 Å². The van der Waals surface area contributed by atoms with Gasteiger partial charge in [-0.1, -0.05) is 0 Å². The molecule has 5 nitrogen and oxygen atoms in total. The lowest BCUT2D eigenvalue weighted by Gasteiger charge is -2.18. The molecule has 0 aromatic carbocycles. The number of nitrogens with two attached hydrogens (primary N) is 2. The third-order valence-corrected chi connectivity index (χ3v) is 3.64. The van der Waals surface area contributed by atoms with Crippen LogP contribution in [0.1, 0.15) is 29.3 Å². The number of rotatable bonds is 2. The molecule has 82 valence electrons. The monoisotopic (exact) mass is 225 g/mol. The van der Waals surface area contributed by atoms with E-state index in [2.05, 4.69) is 10.3 Å². The molecule has 0 aliphatic heterocycles. The van der Waals surface area contributed by atoms with Gasteiger partial charge in [-0.2, -0.15) is 0 Å². The summed E-state index contributed by atoms with van der Waals surface area (Å²) < 4.78 is 0. The van der Waals surface area contributed by atoms with E-state index >= 15 is 0 Å². The van der Waals surface area contributed by atoms with E-state index in [4.69, 9.17) is 16.9 Å². The van der Waals surface area contributed by atoms with Gasteiger partial charge < -0.3 is 16.8 Å². The summed E-state index contributed by atoms with van der Waals surface area (Å²) in [5, 5.41) is 10.6. The van der Waals surface area contributed by atoms with E-state index in [1.54, 1.807) is 11.3 Å². The zero-order valence-corrected chi connectivity index (χ0v) is 9.23. The molecule has 1 aromatic heterocycles. The van der Waals surface area contributed by atoms with E-state index in [1.165, 1.54) is 11.3 Å². The molecule has 1 aliphatic carbocycles. The number of anilines is 1. The minimum atomic E-state index is -0.0644. The molecule has 1 heterocycles. The Hall–Kier alpha value is -1.14. The topological polar surface area (TPSA) is 101 Å². The molecular formula is C9H15N5S. The van der Waals surface area contributed by atoms with E-state index in [0.29, 0.717) is 17.6 Å².